The maximum absolute atomic E-state index is 13.0. The number of nitrogens with one attached hydrogen (secondary N) is 3. The van der Waals surface area contributed by atoms with Crippen LogP contribution in [0.1, 0.15) is 58.3 Å². The molecule has 1 atom stereocenters. The quantitative estimate of drug-likeness (QED) is 0.366. The van der Waals surface area contributed by atoms with Gasteiger partial charge in [-0.1, -0.05) is 30.0 Å². The van der Waals surface area contributed by atoms with Gasteiger partial charge in [0.25, 0.3) is 5.91 Å². The number of urea groups is 1. The Morgan fingerprint density at radius 3 is 2.46 bits per heavy atom. The number of aromatic nitrogens is 1. The van der Waals surface area contributed by atoms with E-state index in [9.17, 15) is 9.59 Å². The van der Waals surface area contributed by atoms with Gasteiger partial charge in [0.1, 0.15) is 5.82 Å². The van der Waals surface area contributed by atoms with Crippen LogP contribution in [-0.4, -0.2) is 66.0 Å². The van der Waals surface area contributed by atoms with Gasteiger partial charge in [-0.3, -0.25) is 15.0 Å². The Bertz CT molecular complexity index is 1440. The van der Waals surface area contributed by atoms with E-state index in [4.69, 9.17) is 0 Å². The highest BCUT2D eigenvalue weighted by molar-refractivity contribution is 6.04. The van der Waals surface area contributed by atoms with E-state index < -0.39 is 0 Å². The molecule has 1 aromatic heterocycles. The molecule has 41 heavy (non-hydrogen) atoms. The van der Waals surface area contributed by atoms with Crippen LogP contribution in [0, 0.1) is 18.8 Å². The standard InChI is InChI=1S/C33H38N6O2/c1-23-7-12-27(32(40)35-29-14-9-25(10-15-29)21-39-18-17-30(22-39)38(2)3)19-26(23)13-8-24-11-16-31(34-20-24)37-33(41)36-28-5-4-6-28/h7,9-12,14-16,19-20,28,30H,4-6,17-18,21-22H2,1-3H3,(H,35,40)(H2,34,36,37,41). The number of amides is 3. The van der Waals surface area contributed by atoms with Gasteiger partial charge in [-0.05, 0) is 94.2 Å². The molecule has 1 aliphatic heterocycles. The Morgan fingerprint density at radius 1 is 1.00 bits per heavy atom. The Hall–Kier alpha value is -4.19. The van der Waals surface area contributed by atoms with Gasteiger partial charge in [0, 0.05) is 60.3 Å². The molecule has 0 spiro atoms. The first-order valence-corrected chi connectivity index (χ1v) is 14.3. The summed E-state index contributed by atoms with van der Waals surface area (Å²) < 4.78 is 0. The number of likely N-dealkylation sites (N-methyl/N-ethyl adjacent to an activating group) is 1. The number of carbonyl (C=O) groups excluding carboxylic acids is 2. The molecule has 2 aromatic carbocycles. The van der Waals surface area contributed by atoms with Crippen LogP contribution in [0.3, 0.4) is 0 Å². The Morgan fingerprint density at radius 2 is 1.80 bits per heavy atom. The lowest BCUT2D eigenvalue weighted by atomic mass is 9.93. The van der Waals surface area contributed by atoms with Crippen LogP contribution < -0.4 is 16.0 Å². The number of likely N-dealkylation sites (tertiary alicyclic amines) is 1. The minimum atomic E-state index is -0.233. The Balaban J connectivity index is 1.16. The van der Waals surface area contributed by atoms with Crippen LogP contribution in [0.4, 0.5) is 16.3 Å². The number of nitrogens with zero attached hydrogens (tertiary/aromatic N) is 3. The summed E-state index contributed by atoms with van der Waals surface area (Å²) in [5.41, 5.74) is 5.03. The molecule has 5 rings (SSSR count). The molecule has 8 heteroatoms. The van der Waals surface area contributed by atoms with Crippen molar-refractivity contribution in [3.05, 3.63) is 88.6 Å². The molecule has 1 saturated carbocycles. The van der Waals surface area contributed by atoms with Gasteiger partial charge in [0.05, 0.1) is 0 Å². The van der Waals surface area contributed by atoms with Crippen LogP contribution in [0.2, 0.25) is 0 Å². The molecule has 1 saturated heterocycles. The SMILES string of the molecule is Cc1ccc(C(=O)Nc2ccc(CN3CCC(N(C)C)C3)cc2)cc1C#Cc1ccc(NC(=O)NC2CCC2)nc1. The molecule has 212 valence electrons. The zero-order chi connectivity index (χ0) is 28.8. The minimum Gasteiger partial charge on any atom is -0.335 e. The molecule has 1 aliphatic carbocycles. The van der Waals surface area contributed by atoms with Crippen molar-refractivity contribution in [2.75, 3.05) is 37.8 Å². The topological polar surface area (TPSA) is 89.6 Å². The van der Waals surface area contributed by atoms with E-state index in [0.29, 0.717) is 17.4 Å². The molecule has 0 radical (unpaired) electrons. The fourth-order valence-corrected chi connectivity index (χ4v) is 5.00. The smallest absolute Gasteiger partial charge is 0.320 e. The van der Waals surface area contributed by atoms with Crippen molar-refractivity contribution < 1.29 is 9.59 Å². The van der Waals surface area contributed by atoms with Gasteiger partial charge in [0.2, 0.25) is 0 Å². The second-order valence-corrected chi connectivity index (χ2v) is 11.2. The first kappa shape index (κ1) is 28.3. The summed E-state index contributed by atoms with van der Waals surface area (Å²) >= 11 is 0. The van der Waals surface area contributed by atoms with Crippen LogP contribution in [0.25, 0.3) is 0 Å². The third-order valence-corrected chi connectivity index (χ3v) is 7.88. The second-order valence-electron chi connectivity index (χ2n) is 11.2. The fraction of sp³-hybridized carbons (Fsp3) is 0.364. The van der Waals surface area contributed by atoms with Gasteiger partial charge in [-0.15, -0.1) is 0 Å². The predicted octanol–water partition coefficient (Wildman–Crippen LogP) is 4.85. The third-order valence-electron chi connectivity index (χ3n) is 7.88. The molecule has 8 nitrogen and oxygen atoms in total. The average molecular weight is 551 g/mol. The summed E-state index contributed by atoms with van der Waals surface area (Å²) in [6, 6.07) is 17.8. The van der Waals surface area contributed by atoms with Crippen LogP contribution in [0.15, 0.2) is 60.8 Å². The minimum absolute atomic E-state index is 0.175. The number of aryl methyl sites for hydroxylation is 1. The summed E-state index contributed by atoms with van der Waals surface area (Å²) in [5.74, 6) is 6.58. The van der Waals surface area contributed by atoms with Crippen molar-refractivity contribution in [3.63, 3.8) is 0 Å². The van der Waals surface area contributed by atoms with Crippen LogP contribution in [0.5, 0.6) is 0 Å². The van der Waals surface area contributed by atoms with Gasteiger partial charge in [-0.2, -0.15) is 0 Å². The molecule has 2 fully saturated rings. The van der Waals surface area contributed by atoms with Gasteiger partial charge >= 0.3 is 6.03 Å². The van der Waals surface area contributed by atoms with E-state index in [-0.39, 0.29) is 18.0 Å². The summed E-state index contributed by atoms with van der Waals surface area (Å²) in [6.07, 6.45) is 6.05. The molecule has 1 unspecified atom stereocenters. The zero-order valence-electron chi connectivity index (χ0n) is 24.0. The number of hydrogen-bond acceptors (Lipinski definition) is 5. The van der Waals surface area contributed by atoms with E-state index in [1.54, 1.807) is 12.3 Å². The second kappa shape index (κ2) is 13.0. The van der Waals surface area contributed by atoms with E-state index in [0.717, 1.165) is 61.3 Å². The van der Waals surface area contributed by atoms with E-state index in [1.807, 2.05) is 43.3 Å². The van der Waals surface area contributed by atoms with E-state index in [2.05, 4.69) is 68.8 Å². The number of anilines is 2. The molecule has 2 aliphatic rings. The summed E-state index contributed by atoms with van der Waals surface area (Å²) in [7, 11) is 4.29. The van der Waals surface area contributed by atoms with E-state index >= 15 is 0 Å². The summed E-state index contributed by atoms with van der Waals surface area (Å²) in [6.45, 7) is 5.08. The Kier molecular flexibility index (Phi) is 8.98. The van der Waals surface area contributed by atoms with Crippen LogP contribution in [-0.2, 0) is 6.54 Å². The van der Waals surface area contributed by atoms with Crippen molar-refractivity contribution in [2.45, 2.75) is 51.2 Å². The van der Waals surface area contributed by atoms with Crippen molar-refractivity contribution >= 4 is 23.4 Å². The number of carbonyl (C=O) groups is 2. The number of rotatable bonds is 7. The normalized spacial score (nSPS) is 16.9. The van der Waals surface area contributed by atoms with Crippen LogP contribution >= 0.6 is 0 Å². The zero-order valence-corrected chi connectivity index (χ0v) is 24.0. The highest BCUT2D eigenvalue weighted by Gasteiger charge is 2.23. The third kappa shape index (κ3) is 7.72. The van der Waals surface area contributed by atoms with Crippen molar-refractivity contribution in [1.29, 1.82) is 0 Å². The number of pyridine rings is 1. The largest absolute Gasteiger partial charge is 0.335 e. The van der Waals surface area contributed by atoms with E-state index in [1.165, 1.54) is 12.0 Å². The van der Waals surface area contributed by atoms with Gasteiger partial charge in [0.15, 0.2) is 0 Å². The fourth-order valence-electron chi connectivity index (χ4n) is 5.00. The number of benzene rings is 2. The first-order valence-electron chi connectivity index (χ1n) is 14.3. The summed E-state index contributed by atoms with van der Waals surface area (Å²) in [5, 5.41) is 8.69. The molecule has 2 heterocycles. The Labute approximate surface area is 242 Å². The summed E-state index contributed by atoms with van der Waals surface area (Å²) in [4.78, 5) is 34.1. The van der Waals surface area contributed by atoms with Gasteiger partial charge in [-0.25, -0.2) is 9.78 Å². The van der Waals surface area contributed by atoms with Gasteiger partial charge < -0.3 is 15.5 Å². The maximum atomic E-state index is 13.0. The van der Waals surface area contributed by atoms with Crippen molar-refractivity contribution in [1.82, 2.24) is 20.1 Å². The highest BCUT2D eigenvalue weighted by atomic mass is 16.2. The average Bonchev–Trinajstić information content (AvgIpc) is 3.41. The first-order chi connectivity index (χ1) is 19.8. The number of hydrogen-bond donors (Lipinski definition) is 3. The lowest BCUT2D eigenvalue weighted by Crippen LogP contribution is -2.41. The highest BCUT2D eigenvalue weighted by Crippen LogP contribution is 2.20. The molecule has 3 N–H and O–H groups in total. The molecule has 0 bridgehead atoms. The molecule has 3 amide bonds. The molecular weight excluding hydrogens is 512 g/mol. The molecular formula is C33H38N6O2. The maximum Gasteiger partial charge on any atom is 0.320 e. The van der Waals surface area contributed by atoms with Crippen molar-refractivity contribution in [3.8, 4) is 11.8 Å². The van der Waals surface area contributed by atoms with Crippen molar-refractivity contribution in [2.24, 2.45) is 0 Å². The lowest BCUT2D eigenvalue weighted by molar-refractivity contribution is 0.102. The predicted molar refractivity (Wildman–Crippen MR) is 163 cm³/mol. The monoisotopic (exact) mass is 550 g/mol. The lowest BCUT2D eigenvalue weighted by Gasteiger charge is -2.26. The molecule has 3 aromatic rings.